The molecule has 0 aromatic heterocycles. The minimum absolute atomic E-state index is 0.0309. The van der Waals surface area contributed by atoms with Gasteiger partial charge in [0, 0.05) is 50.5 Å². The highest BCUT2D eigenvalue weighted by Crippen LogP contribution is 2.24. The molecule has 0 spiro atoms. The third-order valence-electron chi connectivity index (χ3n) is 6.92. The van der Waals surface area contributed by atoms with E-state index in [-0.39, 0.29) is 48.4 Å². The number of Topliss-reactive ketones (excluding diaryl/α,β-unsaturated/α-hetero) is 1. The lowest BCUT2D eigenvalue weighted by Gasteiger charge is -2.15. The third-order valence-corrected chi connectivity index (χ3v) is 6.92. The summed E-state index contributed by atoms with van der Waals surface area (Å²) in [7, 11) is 0. The Labute approximate surface area is 265 Å². The van der Waals surface area contributed by atoms with Gasteiger partial charge in [0.1, 0.15) is 17.3 Å². The van der Waals surface area contributed by atoms with Crippen LogP contribution in [0.15, 0.2) is 23.2 Å². The van der Waals surface area contributed by atoms with E-state index in [0.29, 0.717) is 38.0 Å². The molecule has 0 heterocycles. The van der Waals surface area contributed by atoms with Crippen molar-refractivity contribution in [1.29, 1.82) is 0 Å². The number of benzene rings is 1. The standard InChI is InChI=1S/C30H53N9O6/c31-25(7-4-15-39-30(33)34)29(45)38-16-6-13-36-12-5-11-35-10-2-1-3-14-37-28(44)22(19-27(32)43)18-24(41)17-21-8-9-23(40)20-26(21)42/h8-9,20,22,25,35-36,40,42H,1-7,10-19,31H2,(H2,32,43)(H,37,44)(H,38,45)(H4,33,34,39)/t22-,25-/m0/s1. The van der Waals surface area contributed by atoms with Crippen molar-refractivity contribution in [1.82, 2.24) is 21.3 Å². The summed E-state index contributed by atoms with van der Waals surface area (Å²) in [6.45, 7) is 4.83. The van der Waals surface area contributed by atoms with Crippen molar-refractivity contribution < 1.29 is 29.4 Å². The number of unbranched alkanes of at least 4 members (excludes halogenated alkanes) is 2. The first-order chi connectivity index (χ1) is 21.5. The lowest BCUT2D eigenvalue weighted by atomic mass is 9.94. The van der Waals surface area contributed by atoms with Crippen molar-refractivity contribution >= 4 is 29.5 Å². The minimum atomic E-state index is -0.875. The predicted molar refractivity (Wildman–Crippen MR) is 173 cm³/mol. The van der Waals surface area contributed by atoms with Gasteiger partial charge in [-0.25, -0.2) is 0 Å². The van der Waals surface area contributed by atoms with Crippen molar-refractivity contribution in [2.75, 3.05) is 45.8 Å². The predicted octanol–water partition coefficient (Wildman–Crippen LogP) is -1.17. The third kappa shape index (κ3) is 19.8. The number of nitrogens with two attached hydrogens (primary N) is 4. The average molecular weight is 636 g/mol. The maximum absolute atomic E-state index is 12.6. The van der Waals surface area contributed by atoms with Crippen molar-refractivity contribution in [3.63, 3.8) is 0 Å². The van der Waals surface area contributed by atoms with Gasteiger partial charge >= 0.3 is 0 Å². The fourth-order valence-corrected chi connectivity index (χ4v) is 4.46. The molecule has 1 aromatic rings. The molecule has 1 aromatic carbocycles. The van der Waals surface area contributed by atoms with E-state index >= 15 is 0 Å². The van der Waals surface area contributed by atoms with E-state index in [4.69, 9.17) is 22.9 Å². The van der Waals surface area contributed by atoms with Crippen LogP contribution >= 0.6 is 0 Å². The molecule has 45 heavy (non-hydrogen) atoms. The zero-order valence-corrected chi connectivity index (χ0v) is 26.2. The van der Waals surface area contributed by atoms with Crippen molar-refractivity contribution in [2.45, 2.75) is 70.3 Å². The van der Waals surface area contributed by atoms with Gasteiger partial charge in [-0.05, 0) is 70.8 Å². The van der Waals surface area contributed by atoms with Gasteiger partial charge in [0.25, 0.3) is 0 Å². The summed E-state index contributed by atoms with van der Waals surface area (Å²) in [5, 5.41) is 31.6. The summed E-state index contributed by atoms with van der Waals surface area (Å²) in [6.07, 6.45) is 4.99. The molecule has 1 rings (SSSR count). The first kappa shape index (κ1) is 39.1. The van der Waals surface area contributed by atoms with Gasteiger partial charge < -0.3 is 54.4 Å². The van der Waals surface area contributed by atoms with Gasteiger partial charge in [0.15, 0.2) is 5.96 Å². The van der Waals surface area contributed by atoms with Gasteiger partial charge in [0.2, 0.25) is 17.7 Å². The molecular formula is C30H53N9O6. The van der Waals surface area contributed by atoms with E-state index in [1.54, 1.807) is 0 Å². The Bertz CT molecular complexity index is 1080. The number of phenols is 2. The van der Waals surface area contributed by atoms with Gasteiger partial charge in [0.05, 0.1) is 12.0 Å². The quantitative estimate of drug-likeness (QED) is 0.0329. The van der Waals surface area contributed by atoms with E-state index in [1.165, 1.54) is 12.1 Å². The van der Waals surface area contributed by atoms with Crippen LogP contribution in [0.25, 0.3) is 0 Å². The molecule has 0 bridgehead atoms. The summed E-state index contributed by atoms with van der Waals surface area (Å²) in [5.41, 5.74) is 22.0. The summed E-state index contributed by atoms with van der Waals surface area (Å²) in [6, 6.07) is 3.36. The SMILES string of the molecule is NC(=O)C[C@H](CC(=O)Cc1ccc(O)cc1O)C(=O)NCCCCCNCCCNCCCNC(=O)[C@@H](N)CCCN=C(N)N. The topological polar surface area (TPSA) is 273 Å². The number of hydrogen-bond acceptors (Lipinski definition) is 10. The highest BCUT2D eigenvalue weighted by molar-refractivity contribution is 5.91. The number of hydrogen-bond donors (Lipinski definition) is 10. The molecule has 0 aliphatic carbocycles. The fourth-order valence-electron chi connectivity index (χ4n) is 4.46. The number of aliphatic imine (C=N–C) groups is 1. The number of phenolic OH excluding ortho intramolecular Hbond substituents is 2. The Morgan fingerprint density at radius 1 is 0.756 bits per heavy atom. The monoisotopic (exact) mass is 635 g/mol. The molecule has 0 saturated carbocycles. The molecule has 14 N–H and O–H groups in total. The molecule has 15 nitrogen and oxygen atoms in total. The zero-order chi connectivity index (χ0) is 33.5. The second-order valence-electron chi connectivity index (χ2n) is 11.0. The fraction of sp³-hybridized carbons (Fsp3) is 0.633. The Hall–Kier alpha value is -3.95. The Kier molecular flexibility index (Phi) is 20.3. The molecule has 0 aliphatic rings. The van der Waals surface area contributed by atoms with Crippen LogP contribution in [-0.4, -0.2) is 91.5 Å². The minimum Gasteiger partial charge on any atom is -0.508 e. The van der Waals surface area contributed by atoms with E-state index in [2.05, 4.69) is 26.3 Å². The van der Waals surface area contributed by atoms with Crippen LogP contribution in [0.2, 0.25) is 0 Å². The first-order valence-electron chi connectivity index (χ1n) is 15.6. The number of nitrogens with one attached hydrogen (secondary N) is 4. The number of amides is 3. The van der Waals surface area contributed by atoms with Crippen molar-refractivity contribution in [3.8, 4) is 11.5 Å². The molecule has 254 valence electrons. The van der Waals surface area contributed by atoms with Gasteiger partial charge in [-0.3, -0.25) is 24.2 Å². The van der Waals surface area contributed by atoms with Crippen LogP contribution < -0.4 is 44.2 Å². The summed E-state index contributed by atoms with van der Waals surface area (Å²) < 4.78 is 0. The molecular weight excluding hydrogens is 582 g/mol. The normalized spacial score (nSPS) is 12.2. The second-order valence-corrected chi connectivity index (χ2v) is 11.0. The number of aromatic hydroxyl groups is 2. The summed E-state index contributed by atoms with van der Waals surface area (Å²) >= 11 is 0. The molecule has 0 fully saturated rings. The van der Waals surface area contributed by atoms with E-state index < -0.39 is 23.8 Å². The Morgan fingerprint density at radius 2 is 1.36 bits per heavy atom. The summed E-state index contributed by atoms with van der Waals surface area (Å²) in [5.74, 6) is -2.74. The lowest BCUT2D eigenvalue weighted by Crippen LogP contribution is -2.41. The van der Waals surface area contributed by atoms with Crippen LogP contribution in [0.3, 0.4) is 0 Å². The maximum atomic E-state index is 12.6. The second kappa shape index (κ2) is 23.4. The van der Waals surface area contributed by atoms with Crippen molar-refractivity contribution in [3.05, 3.63) is 23.8 Å². The molecule has 2 atom stereocenters. The number of guanidine groups is 1. The smallest absolute Gasteiger partial charge is 0.236 e. The number of carbonyl (C=O) groups is 4. The van der Waals surface area contributed by atoms with Crippen LogP contribution in [0.4, 0.5) is 0 Å². The molecule has 0 aliphatic heterocycles. The van der Waals surface area contributed by atoms with Crippen molar-refractivity contribution in [2.24, 2.45) is 33.8 Å². The molecule has 3 amide bonds. The number of rotatable bonds is 26. The number of nitrogens with zero attached hydrogens (tertiary/aromatic N) is 1. The number of carbonyl (C=O) groups excluding carboxylic acids is 4. The van der Waals surface area contributed by atoms with E-state index in [9.17, 15) is 29.4 Å². The highest BCUT2D eigenvalue weighted by Gasteiger charge is 2.24. The van der Waals surface area contributed by atoms with Gasteiger partial charge in [-0.1, -0.05) is 12.5 Å². The van der Waals surface area contributed by atoms with Gasteiger partial charge in [-0.15, -0.1) is 0 Å². The Morgan fingerprint density at radius 3 is 2.00 bits per heavy atom. The molecule has 0 unspecified atom stereocenters. The first-order valence-corrected chi connectivity index (χ1v) is 15.6. The summed E-state index contributed by atoms with van der Waals surface area (Å²) in [4.78, 5) is 52.4. The zero-order valence-electron chi connectivity index (χ0n) is 26.2. The molecule has 0 radical (unpaired) electrons. The van der Waals surface area contributed by atoms with Crippen LogP contribution in [0.1, 0.15) is 63.4 Å². The highest BCUT2D eigenvalue weighted by atomic mass is 16.3. The van der Waals surface area contributed by atoms with Gasteiger partial charge in [-0.2, -0.15) is 0 Å². The van der Waals surface area contributed by atoms with Crippen LogP contribution in [-0.2, 0) is 25.6 Å². The van der Waals surface area contributed by atoms with Crippen LogP contribution in [0, 0.1) is 5.92 Å². The number of primary amides is 1. The molecule has 15 heteroatoms. The average Bonchev–Trinajstić information content (AvgIpc) is 2.97. The largest absolute Gasteiger partial charge is 0.508 e. The maximum Gasteiger partial charge on any atom is 0.236 e. The van der Waals surface area contributed by atoms with Crippen LogP contribution in [0.5, 0.6) is 11.5 Å². The van der Waals surface area contributed by atoms with E-state index in [0.717, 1.165) is 64.3 Å². The molecule has 0 saturated heterocycles. The number of ketones is 1. The van der Waals surface area contributed by atoms with E-state index in [1.807, 2.05) is 0 Å². The Balaban J connectivity index is 2.05. The lowest BCUT2D eigenvalue weighted by molar-refractivity contribution is -0.132.